The molecule has 0 rings (SSSR count). The maximum absolute atomic E-state index is 12.7. The van der Waals surface area contributed by atoms with E-state index in [-0.39, 0.29) is 32.1 Å². The fraction of sp³-hybridized carbons (Fsp3) is 0.659. The Morgan fingerprint density at radius 3 is 1.74 bits per heavy atom. The number of carboxylic acids is 1. The van der Waals surface area contributed by atoms with Crippen LogP contribution in [0.3, 0.4) is 0 Å². The number of rotatable bonds is 38. The normalized spacial score (nSPS) is 15.6. The van der Waals surface area contributed by atoms with Gasteiger partial charge < -0.3 is 35.4 Å². The molecule has 0 aliphatic heterocycles. The number of nitrogens with two attached hydrogens (primary N) is 1. The number of aliphatic hydroxyl groups excluding tert-OH is 2. The summed E-state index contributed by atoms with van der Waals surface area (Å²) in [6.07, 6.45) is 37.1. The van der Waals surface area contributed by atoms with Gasteiger partial charge in [0.25, 0.3) is 0 Å². The molecule has 0 aromatic heterocycles. The van der Waals surface area contributed by atoms with Crippen LogP contribution in [0.4, 0.5) is 0 Å². The zero-order valence-corrected chi connectivity index (χ0v) is 36.0. The first-order valence-electron chi connectivity index (χ1n) is 21.1. The topological polar surface area (TPSA) is 212 Å². The molecular weight excluding hydrogens is 765 g/mol. The Balaban J connectivity index is 4.68. The average Bonchev–Trinajstić information content (AvgIpc) is 3.19. The van der Waals surface area contributed by atoms with Gasteiger partial charge in [-0.3, -0.25) is 23.4 Å². The van der Waals surface area contributed by atoms with Crippen molar-refractivity contribution in [3.05, 3.63) is 72.9 Å². The summed E-state index contributed by atoms with van der Waals surface area (Å²) in [6, 6.07) is -1.57. The molecule has 14 heteroatoms. The van der Waals surface area contributed by atoms with Crippen molar-refractivity contribution in [2.24, 2.45) is 5.73 Å². The molecule has 0 heterocycles. The predicted octanol–water partition coefficient (Wildman–Crippen LogP) is 8.89. The molecule has 0 aliphatic carbocycles. The van der Waals surface area contributed by atoms with Crippen LogP contribution in [0, 0.1) is 0 Å². The summed E-state index contributed by atoms with van der Waals surface area (Å²) >= 11 is 0. The molecule has 58 heavy (non-hydrogen) atoms. The molecule has 0 spiro atoms. The van der Waals surface area contributed by atoms with Crippen LogP contribution < -0.4 is 5.73 Å². The lowest BCUT2D eigenvalue weighted by molar-refractivity contribution is -0.161. The zero-order chi connectivity index (χ0) is 43.1. The Kier molecular flexibility index (Phi) is 36.0. The minimum absolute atomic E-state index is 0.108. The summed E-state index contributed by atoms with van der Waals surface area (Å²) in [6.45, 7) is 2.33. The largest absolute Gasteiger partial charge is 0.480 e. The third kappa shape index (κ3) is 36.0. The van der Waals surface area contributed by atoms with Gasteiger partial charge in [-0.05, 0) is 83.5 Å². The Labute approximate surface area is 347 Å². The fourth-order valence-corrected chi connectivity index (χ4v) is 5.96. The van der Waals surface area contributed by atoms with E-state index in [2.05, 4.69) is 73.1 Å². The van der Waals surface area contributed by atoms with E-state index < -0.39 is 69.9 Å². The van der Waals surface area contributed by atoms with Gasteiger partial charge in [0, 0.05) is 12.8 Å². The quantitative estimate of drug-likeness (QED) is 0.0170. The number of carbonyl (C=O) groups excluding carboxylic acids is 2. The van der Waals surface area contributed by atoms with E-state index in [9.17, 15) is 34.1 Å². The highest BCUT2D eigenvalue weighted by molar-refractivity contribution is 7.47. The van der Waals surface area contributed by atoms with Gasteiger partial charge in [-0.2, -0.15) is 0 Å². The van der Waals surface area contributed by atoms with Crippen LogP contribution in [-0.2, 0) is 37.5 Å². The highest BCUT2D eigenvalue weighted by Gasteiger charge is 2.28. The highest BCUT2D eigenvalue weighted by Crippen LogP contribution is 2.43. The molecule has 1 unspecified atom stereocenters. The number of carbonyl (C=O) groups is 3. The van der Waals surface area contributed by atoms with E-state index in [0.29, 0.717) is 12.8 Å². The smallest absolute Gasteiger partial charge is 0.472 e. The van der Waals surface area contributed by atoms with Crippen molar-refractivity contribution >= 4 is 25.7 Å². The summed E-state index contributed by atoms with van der Waals surface area (Å²) in [5.74, 6) is -2.73. The maximum Gasteiger partial charge on any atom is 0.472 e. The highest BCUT2D eigenvalue weighted by atomic mass is 31.2. The molecule has 0 aliphatic rings. The van der Waals surface area contributed by atoms with Crippen LogP contribution >= 0.6 is 7.82 Å². The second-order valence-corrected chi connectivity index (χ2v) is 15.5. The molecule has 6 N–H and O–H groups in total. The third-order valence-corrected chi connectivity index (χ3v) is 9.59. The van der Waals surface area contributed by atoms with Crippen molar-refractivity contribution in [1.82, 2.24) is 0 Å². The number of carboxylic acid groups (broad SMARTS) is 1. The van der Waals surface area contributed by atoms with Crippen molar-refractivity contribution < 1.29 is 57.7 Å². The van der Waals surface area contributed by atoms with E-state index in [4.69, 9.17) is 24.8 Å². The lowest BCUT2D eigenvalue weighted by Gasteiger charge is -2.20. The van der Waals surface area contributed by atoms with Crippen LogP contribution in [0.2, 0.25) is 0 Å². The van der Waals surface area contributed by atoms with Gasteiger partial charge in [-0.25, -0.2) is 4.57 Å². The predicted molar refractivity (Wildman–Crippen MR) is 229 cm³/mol. The minimum Gasteiger partial charge on any atom is -0.480 e. The van der Waals surface area contributed by atoms with Gasteiger partial charge in [0.15, 0.2) is 6.10 Å². The van der Waals surface area contributed by atoms with Crippen LogP contribution in [0.25, 0.3) is 0 Å². The third-order valence-electron chi connectivity index (χ3n) is 8.64. The van der Waals surface area contributed by atoms with Gasteiger partial charge in [0.2, 0.25) is 0 Å². The number of ether oxygens (including phenoxy) is 2. The van der Waals surface area contributed by atoms with Crippen molar-refractivity contribution in [2.75, 3.05) is 19.8 Å². The van der Waals surface area contributed by atoms with E-state index in [1.807, 2.05) is 12.2 Å². The van der Waals surface area contributed by atoms with Crippen LogP contribution in [0.5, 0.6) is 0 Å². The zero-order valence-electron chi connectivity index (χ0n) is 35.1. The molecule has 0 saturated carbocycles. The van der Waals surface area contributed by atoms with E-state index >= 15 is 0 Å². The Morgan fingerprint density at radius 1 is 0.621 bits per heavy atom. The number of aliphatic carboxylic acids is 1. The van der Waals surface area contributed by atoms with Gasteiger partial charge in [0.05, 0.1) is 25.4 Å². The SMILES string of the molecule is CC/C=C\C/C=C\C/C=C\C/C=C\C[C@@H](O)[C@H](O)CCCC(=O)O[C@H](COC(=O)CCCCCCC/C=C\C/C=C\CCCCC)COP(=O)(O)OC[C@H](N)C(=O)O. The summed E-state index contributed by atoms with van der Waals surface area (Å²) in [4.78, 5) is 46.0. The molecule has 0 fully saturated rings. The maximum atomic E-state index is 12.7. The summed E-state index contributed by atoms with van der Waals surface area (Å²) in [5, 5.41) is 29.6. The number of aliphatic hydroxyl groups is 2. The Bertz CT molecular complexity index is 1290. The first kappa shape index (κ1) is 54.8. The first-order chi connectivity index (χ1) is 27.9. The van der Waals surface area contributed by atoms with Crippen LogP contribution in [-0.4, -0.2) is 82.3 Å². The fourth-order valence-electron chi connectivity index (χ4n) is 5.18. The molecule has 5 atom stereocenters. The molecular formula is C44H74NO12P. The van der Waals surface area contributed by atoms with Crippen molar-refractivity contribution in [2.45, 2.75) is 167 Å². The number of phosphoric ester groups is 1. The number of esters is 2. The molecule has 0 radical (unpaired) electrons. The lowest BCUT2D eigenvalue weighted by Crippen LogP contribution is -2.34. The van der Waals surface area contributed by atoms with Gasteiger partial charge in [-0.1, -0.05) is 119 Å². The van der Waals surface area contributed by atoms with Crippen molar-refractivity contribution in [1.29, 1.82) is 0 Å². The molecule has 13 nitrogen and oxygen atoms in total. The summed E-state index contributed by atoms with van der Waals surface area (Å²) < 4.78 is 32.4. The molecule has 332 valence electrons. The van der Waals surface area contributed by atoms with Crippen LogP contribution in [0.15, 0.2) is 72.9 Å². The monoisotopic (exact) mass is 839 g/mol. The van der Waals surface area contributed by atoms with E-state index in [0.717, 1.165) is 64.2 Å². The van der Waals surface area contributed by atoms with Crippen molar-refractivity contribution in [3.63, 3.8) is 0 Å². The molecule has 0 saturated heterocycles. The second kappa shape index (κ2) is 38.1. The Hall–Kier alpha value is -3.16. The first-order valence-corrected chi connectivity index (χ1v) is 22.6. The molecule has 0 aromatic rings. The Morgan fingerprint density at radius 2 is 1.14 bits per heavy atom. The summed E-state index contributed by atoms with van der Waals surface area (Å²) in [5.41, 5.74) is 5.31. The van der Waals surface area contributed by atoms with E-state index in [1.54, 1.807) is 6.08 Å². The number of hydrogen-bond acceptors (Lipinski definition) is 11. The van der Waals surface area contributed by atoms with E-state index in [1.165, 1.54) is 19.3 Å². The number of phosphoric acid groups is 1. The molecule has 0 aromatic carbocycles. The second-order valence-electron chi connectivity index (χ2n) is 14.0. The lowest BCUT2D eigenvalue weighted by atomic mass is 10.0. The molecule has 0 bridgehead atoms. The average molecular weight is 840 g/mol. The summed E-state index contributed by atoms with van der Waals surface area (Å²) in [7, 11) is -4.80. The van der Waals surface area contributed by atoms with Crippen molar-refractivity contribution in [3.8, 4) is 0 Å². The number of unbranched alkanes of at least 4 members (excludes halogenated alkanes) is 8. The number of allylic oxidation sites excluding steroid dienone is 11. The molecule has 0 amide bonds. The van der Waals surface area contributed by atoms with Gasteiger partial charge in [0.1, 0.15) is 12.6 Å². The minimum atomic E-state index is -4.80. The van der Waals surface area contributed by atoms with Gasteiger partial charge in [-0.15, -0.1) is 0 Å². The number of hydrogen-bond donors (Lipinski definition) is 5. The van der Waals surface area contributed by atoms with Crippen LogP contribution in [0.1, 0.15) is 142 Å². The van der Waals surface area contributed by atoms with Gasteiger partial charge >= 0.3 is 25.7 Å². The standard InChI is InChI=1S/C44H74NO12P/c1-3-5-7-9-11-13-15-17-18-19-21-23-25-27-29-33-42(48)54-35-38(36-55-58(52,53)56-37-39(45)44(50)51)57-43(49)34-30-32-41(47)40(46)31-28-26-24-22-20-16-14-12-10-8-6-4-2/h6,8,11-14,17-18,20,22,26,28,38-41,46-47H,3-5,7,9-10,15-16,19,21,23-25,27,29-37,45H2,1-2H3,(H,50,51)(H,52,53)/b8-6-,13-11-,14-12-,18-17-,22-20-,28-26-/t38-,39+,40-,41-/m1/s1.